The lowest BCUT2D eigenvalue weighted by molar-refractivity contribution is -0.160. The molecular weight excluding hydrogens is 415 g/mol. The van der Waals surface area contributed by atoms with Gasteiger partial charge in [-0.1, -0.05) is 0 Å². The number of aromatic nitrogens is 2. The number of nitrogens with one attached hydrogen (secondary N) is 3. The Hall–Kier alpha value is -2.57. The van der Waals surface area contributed by atoms with E-state index < -0.39 is 59.5 Å². The second-order valence-electron chi connectivity index (χ2n) is 7.91. The second kappa shape index (κ2) is 9.28. The molecule has 1 aromatic heterocycles. The van der Waals surface area contributed by atoms with E-state index in [0.29, 0.717) is 19.4 Å². The average molecular weight is 440 g/mol. The quantitative estimate of drug-likeness (QED) is 0.471. The van der Waals surface area contributed by atoms with Crippen LogP contribution in [0.2, 0.25) is 0 Å². The van der Waals surface area contributed by atoms with Gasteiger partial charge >= 0.3 is 17.6 Å². The topological polar surface area (TPSA) is 141 Å². The molecule has 31 heavy (non-hydrogen) atoms. The zero-order chi connectivity index (χ0) is 22.0. The summed E-state index contributed by atoms with van der Waals surface area (Å²) in [6.07, 6.45) is 1.17. The summed E-state index contributed by atoms with van der Waals surface area (Å²) in [6, 6.07) is -0.824. The van der Waals surface area contributed by atoms with E-state index in [1.165, 1.54) is 0 Å². The summed E-state index contributed by atoms with van der Waals surface area (Å²) in [4.78, 5) is 50.0. The number of hydrogen-bond donors (Lipinski definition) is 3. The maximum Gasteiger partial charge on any atom is 0.330 e. The molecule has 3 saturated heterocycles. The van der Waals surface area contributed by atoms with Gasteiger partial charge in [0.05, 0.1) is 6.20 Å². The molecule has 5 atom stereocenters. The number of halogens is 1. The Labute approximate surface area is 176 Å². The summed E-state index contributed by atoms with van der Waals surface area (Å²) >= 11 is 0. The number of H-pyrrole nitrogens is 1. The van der Waals surface area contributed by atoms with Crippen LogP contribution in [0, 0.1) is 5.82 Å². The largest absolute Gasteiger partial charge is 0.462 e. The van der Waals surface area contributed by atoms with E-state index in [2.05, 4.69) is 10.6 Å². The van der Waals surface area contributed by atoms with E-state index in [0.717, 1.165) is 30.2 Å². The number of esters is 2. The Bertz CT molecular complexity index is 936. The van der Waals surface area contributed by atoms with E-state index in [4.69, 9.17) is 14.2 Å². The molecule has 0 saturated carbocycles. The molecule has 4 rings (SSSR count). The molecule has 1 aromatic rings. The minimum absolute atomic E-state index is 0.0355. The van der Waals surface area contributed by atoms with Gasteiger partial charge in [0.15, 0.2) is 0 Å². The summed E-state index contributed by atoms with van der Waals surface area (Å²) in [6.45, 7) is 1.26. The van der Waals surface area contributed by atoms with E-state index in [1.54, 1.807) is 0 Å². The van der Waals surface area contributed by atoms with Crippen molar-refractivity contribution in [2.45, 2.75) is 62.6 Å². The summed E-state index contributed by atoms with van der Waals surface area (Å²) in [5, 5.41) is 6.08. The molecule has 3 fully saturated rings. The van der Waals surface area contributed by atoms with Crippen molar-refractivity contribution < 1.29 is 28.2 Å². The fraction of sp³-hybridized carbons (Fsp3) is 0.684. The highest BCUT2D eigenvalue weighted by molar-refractivity contribution is 5.76. The normalized spacial score (nSPS) is 30.4. The molecule has 11 nitrogen and oxygen atoms in total. The highest BCUT2D eigenvalue weighted by Crippen LogP contribution is 2.31. The van der Waals surface area contributed by atoms with Crippen LogP contribution in [0.15, 0.2) is 15.8 Å². The molecule has 0 spiro atoms. The van der Waals surface area contributed by atoms with Gasteiger partial charge in [0.25, 0.3) is 5.56 Å². The Kier molecular flexibility index (Phi) is 6.49. The second-order valence-corrected chi connectivity index (χ2v) is 7.91. The predicted octanol–water partition coefficient (Wildman–Crippen LogP) is -1.08. The van der Waals surface area contributed by atoms with Crippen LogP contribution in [-0.4, -0.2) is 65.5 Å². The Morgan fingerprint density at radius 1 is 1.13 bits per heavy atom. The molecule has 170 valence electrons. The molecule has 0 bridgehead atoms. The fourth-order valence-electron chi connectivity index (χ4n) is 4.09. The van der Waals surface area contributed by atoms with Crippen molar-refractivity contribution in [3.63, 3.8) is 0 Å². The molecular formula is C19H25FN4O7. The van der Waals surface area contributed by atoms with Crippen LogP contribution in [-0.2, 0) is 23.8 Å². The SMILES string of the molecule is O=C(OC[C@H]1O[C@@H](n2cc(F)c(=O)[nH]c2=O)C[C@@H]1OC(=O)[C@@H]1CCCN1)[C@@H]1CCCN1. The molecule has 0 amide bonds. The lowest BCUT2D eigenvalue weighted by atomic mass is 10.1. The maximum atomic E-state index is 13.7. The Morgan fingerprint density at radius 2 is 1.81 bits per heavy atom. The van der Waals surface area contributed by atoms with Gasteiger partial charge in [0.2, 0.25) is 5.82 Å². The van der Waals surface area contributed by atoms with Crippen molar-refractivity contribution in [1.82, 2.24) is 20.2 Å². The number of nitrogens with zero attached hydrogens (tertiary/aromatic N) is 1. The summed E-state index contributed by atoms with van der Waals surface area (Å²) in [7, 11) is 0. The molecule has 4 heterocycles. The highest BCUT2D eigenvalue weighted by atomic mass is 19.1. The van der Waals surface area contributed by atoms with Crippen LogP contribution in [0.4, 0.5) is 4.39 Å². The van der Waals surface area contributed by atoms with Crippen molar-refractivity contribution in [3.8, 4) is 0 Å². The first-order valence-electron chi connectivity index (χ1n) is 10.4. The number of aromatic amines is 1. The molecule has 0 radical (unpaired) electrons. The van der Waals surface area contributed by atoms with Crippen LogP contribution >= 0.6 is 0 Å². The smallest absolute Gasteiger partial charge is 0.330 e. The standard InChI is InChI=1S/C19H25FN4O7/c20-10-8-24(19(28)23-16(10)25)15-7-13(31-18(27)12-4-2-6-22-12)14(30-15)9-29-17(26)11-3-1-5-21-11/h8,11-15,21-22H,1-7,9H2,(H,23,25,28)/t11-,12-,13-,14+,15+/m0/s1. The van der Waals surface area contributed by atoms with E-state index >= 15 is 0 Å². The first-order valence-corrected chi connectivity index (χ1v) is 10.4. The summed E-state index contributed by atoms with van der Waals surface area (Å²) in [5.41, 5.74) is -1.99. The van der Waals surface area contributed by atoms with Gasteiger partial charge in [0.1, 0.15) is 37.1 Å². The van der Waals surface area contributed by atoms with Gasteiger partial charge in [-0.3, -0.25) is 23.9 Å². The number of carbonyl (C=O) groups excluding carboxylic acids is 2. The predicted molar refractivity (Wildman–Crippen MR) is 103 cm³/mol. The Morgan fingerprint density at radius 3 is 2.45 bits per heavy atom. The highest BCUT2D eigenvalue weighted by Gasteiger charge is 2.42. The zero-order valence-electron chi connectivity index (χ0n) is 16.8. The molecule has 0 aromatic carbocycles. The van der Waals surface area contributed by atoms with Crippen LogP contribution < -0.4 is 21.9 Å². The molecule has 0 unspecified atom stereocenters. The number of ether oxygens (including phenoxy) is 3. The van der Waals surface area contributed by atoms with Gasteiger partial charge < -0.3 is 24.8 Å². The van der Waals surface area contributed by atoms with Gasteiger partial charge in [-0.05, 0) is 38.8 Å². The number of hydrogen-bond acceptors (Lipinski definition) is 9. The third-order valence-corrected chi connectivity index (χ3v) is 5.76. The van der Waals surface area contributed by atoms with Crippen molar-refractivity contribution in [3.05, 3.63) is 32.9 Å². The summed E-state index contributed by atoms with van der Waals surface area (Å²) in [5.74, 6) is -2.03. The van der Waals surface area contributed by atoms with Crippen molar-refractivity contribution >= 4 is 11.9 Å². The van der Waals surface area contributed by atoms with Crippen LogP contribution in [0.5, 0.6) is 0 Å². The van der Waals surface area contributed by atoms with Crippen LogP contribution in [0.25, 0.3) is 0 Å². The van der Waals surface area contributed by atoms with Crippen molar-refractivity contribution in [1.29, 1.82) is 0 Å². The minimum Gasteiger partial charge on any atom is -0.462 e. The average Bonchev–Trinajstić information content (AvgIpc) is 3.51. The Balaban J connectivity index is 1.47. The van der Waals surface area contributed by atoms with E-state index in [9.17, 15) is 23.6 Å². The zero-order valence-corrected chi connectivity index (χ0v) is 16.8. The summed E-state index contributed by atoms with van der Waals surface area (Å²) < 4.78 is 31.4. The first-order chi connectivity index (χ1) is 14.9. The monoisotopic (exact) mass is 440 g/mol. The molecule has 0 aliphatic carbocycles. The molecule has 3 aliphatic rings. The fourth-order valence-corrected chi connectivity index (χ4v) is 4.09. The van der Waals surface area contributed by atoms with Gasteiger partial charge in [-0.25, -0.2) is 4.79 Å². The lowest BCUT2D eigenvalue weighted by Crippen LogP contribution is -2.40. The van der Waals surface area contributed by atoms with Gasteiger partial charge in [-0.2, -0.15) is 4.39 Å². The third-order valence-electron chi connectivity index (χ3n) is 5.76. The van der Waals surface area contributed by atoms with E-state index in [-0.39, 0.29) is 13.0 Å². The van der Waals surface area contributed by atoms with E-state index in [1.807, 2.05) is 4.98 Å². The third kappa shape index (κ3) is 4.86. The maximum absolute atomic E-state index is 13.7. The van der Waals surface area contributed by atoms with Gasteiger partial charge in [-0.15, -0.1) is 0 Å². The minimum atomic E-state index is -1.14. The van der Waals surface area contributed by atoms with Crippen LogP contribution in [0.3, 0.4) is 0 Å². The van der Waals surface area contributed by atoms with Crippen molar-refractivity contribution in [2.75, 3.05) is 19.7 Å². The first kappa shape index (κ1) is 21.7. The van der Waals surface area contributed by atoms with Crippen LogP contribution in [0.1, 0.15) is 38.3 Å². The molecule has 3 aliphatic heterocycles. The number of carbonyl (C=O) groups is 2. The number of rotatable bonds is 6. The lowest BCUT2D eigenvalue weighted by Gasteiger charge is -2.21. The molecule has 12 heteroatoms. The van der Waals surface area contributed by atoms with Gasteiger partial charge in [0, 0.05) is 6.42 Å². The van der Waals surface area contributed by atoms with Crippen molar-refractivity contribution in [2.24, 2.45) is 0 Å². The molecule has 3 N–H and O–H groups in total.